The van der Waals surface area contributed by atoms with E-state index in [9.17, 15) is 8.42 Å². The molecule has 0 bridgehead atoms. The zero-order chi connectivity index (χ0) is 9.19. The van der Waals surface area contributed by atoms with Crippen molar-refractivity contribution < 1.29 is 13.0 Å². The van der Waals surface area contributed by atoms with E-state index in [0.717, 1.165) is 0 Å². The predicted molar refractivity (Wildman–Crippen MR) is 53.4 cm³/mol. The Labute approximate surface area is 82.9 Å². The summed E-state index contributed by atoms with van der Waals surface area (Å²) < 4.78 is 29.3. The third kappa shape index (κ3) is 4.72. The van der Waals surface area contributed by atoms with Crippen molar-refractivity contribution in [2.24, 2.45) is 0 Å². The molecule has 0 spiro atoms. The Bertz CT molecular complexity index is 360. The number of anilines is 1. The molecule has 0 unspecified atom stereocenters. The van der Waals surface area contributed by atoms with Crippen LogP contribution in [0, 0.1) is 0 Å². The number of hydrogen-bond acceptors (Lipinski definition) is 3. The van der Waals surface area contributed by atoms with Crippen molar-refractivity contribution in [3.8, 4) is 0 Å². The van der Waals surface area contributed by atoms with Crippen molar-refractivity contribution in [3.05, 3.63) is 29.8 Å². The average Bonchev–Trinajstić information content (AvgIpc) is 1.91. The van der Waals surface area contributed by atoms with Crippen molar-refractivity contribution in [3.63, 3.8) is 0 Å². The highest BCUT2D eigenvalue weighted by Crippen LogP contribution is 2.07. The molecular formula is C7H10ClNO3S. The van der Waals surface area contributed by atoms with Gasteiger partial charge in [0, 0.05) is 5.69 Å². The van der Waals surface area contributed by atoms with E-state index in [2.05, 4.69) is 0 Å². The van der Waals surface area contributed by atoms with Crippen LogP contribution in [0.2, 0.25) is 0 Å². The van der Waals surface area contributed by atoms with Gasteiger partial charge in [0.25, 0.3) is 10.1 Å². The van der Waals surface area contributed by atoms with Gasteiger partial charge >= 0.3 is 0 Å². The van der Waals surface area contributed by atoms with Crippen LogP contribution >= 0.6 is 12.4 Å². The first-order chi connectivity index (χ1) is 5.47. The van der Waals surface area contributed by atoms with Crippen LogP contribution in [-0.2, 0) is 15.9 Å². The van der Waals surface area contributed by atoms with Crippen LogP contribution in [0.4, 0.5) is 5.69 Å². The molecule has 13 heavy (non-hydrogen) atoms. The summed E-state index contributed by atoms with van der Waals surface area (Å²) in [5.41, 5.74) is 6.46. The van der Waals surface area contributed by atoms with Crippen LogP contribution < -0.4 is 5.73 Å². The summed E-state index contributed by atoms with van der Waals surface area (Å²) in [5, 5.41) is 0. The molecule has 1 aromatic carbocycles. The number of benzene rings is 1. The molecule has 0 amide bonds. The van der Waals surface area contributed by atoms with Gasteiger partial charge < -0.3 is 5.73 Å². The summed E-state index contributed by atoms with van der Waals surface area (Å²) in [7, 11) is -3.93. The number of halogens is 1. The van der Waals surface area contributed by atoms with Crippen LogP contribution in [0.5, 0.6) is 0 Å². The number of rotatable bonds is 2. The second-order valence-electron chi connectivity index (χ2n) is 2.47. The molecule has 0 atom stereocenters. The maximum absolute atomic E-state index is 10.4. The first-order valence-electron chi connectivity index (χ1n) is 3.27. The van der Waals surface area contributed by atoms with Crippen LogP contribution in [0.1, 0.15) is 5.56 Å². The summed E-state index contributed by atoms with van der Waals surface area (Å²) in [4.78, 5) is 0. The minimum atomic E-state index is -3.93. The van der Waals surface area contributed by atoms with E-state index < -0.39 is 10.1 Å². The first kappa shape index (κ1) is 12.2. The summed E-state index contributed by atoms with van der Waals surface area (Å²) in [6.07, 6.45) is 0. The SMILES string of the molecule is Cl.Nc1ccc(CS(=O)(=O)O)cc1. The van der Waals surface area contributed by atoms with E-state index in [-0.39, 0.29) is 18.2 Å². The molecule has 1 aromatic rings. The molecule has 0 radical (unpaired) electrons. The van der Waals surface area contributed by atoms with Gasteiger partial charge in [0.1, 0.15) is 5.75 Å². The number of nitrogens with two attached hydrogens (primary N) is 1. The van der Waals surface area contributed by atoms with Crippen LogP contribution in [0.3, 0.4) is 0 Å². The van der Waals surface area contributed by atoms with Gasteiger partial charge in [0.15, 0.2) is 0 Å². The lowest BCUT2D eigenvalue weighted by Crippen LogP contribution is -2.01. The summed E-state index contributed by atoms with van der Waals surface area (Å²) in [5.74, 6) is -0.368. The fraction of sp³-hybridized carbons (Fsp3) is 0.143. The first-order valence-corrected chi connectivity index (χ1v) is 4.88. The molecule has 0 heterocycles. The average molecular weight is 224 g/mol. The van der Waals surface area contributed by atoms with Crippen molar-refractivity contribution in [2.45, 2.75) is 5.75 Å². The zero-order valence-electron chi connectivity index (χ0n) is 6.67. The zero-order valence-corrected chi connectivity index (χ0v) is 8.31. The molecule has 6 heteroatoms. The lowest BCUT2D eigenvalue weighted by molar-refractivity contribution is 0.482. The van der Waals surface area contributed by atoms with Crippen LogP contribution in [-0.4, -0.2) is 13.0 Å². The molecule has 0 aliphatic rings. The fourth-order valence-corrected chi connectivity index (χ4v) is 1.44. The van der Waals surface area contributed by atoms with Gasteiger partial charge in [-0.2, -0.15) is 8.42 Å². The van der Waals surface area contributed by atoms with Gasteiger partial charge in [-0.05, 0) is 17.7 Å². The largest absolute Gasteiger partial charge is 0.399 e. The van der Waals surface area contributed by atoms with E-state index >= 15 is 0 Å². The van der Waals surface area contributed by atoms with Crippen LogP contribution in [0.25, 0.3) is 0 Å². The van der Waals surface area contributed by atoms with Gasteiger partial charge in [0.05, 0.1) is 0 Å². The molecule has 0 aliphatic carbocycles. The van der Waals surface area contributed by atoms with Gasteiger partial charge in [-0.3, -0.25) is 4.55 Å². The second kappa shape index (κ2) is 4.45. The number of hydrogen-bond donors (Lipinski definition) is 2. The molecule has 1 rings (SSSR count). The molecule has 4 nitrogen and oxygen atoms in total. The van der Waals surface area contributed by atoms with Gasteiger partial charge in [-0.1, -0.05) is 12.1 Å². The minimum absolute atomic E-state index is 0. The van der Waals surface area contributed by atoms with E-state index in [1.54, 1.807) is 24.3 Å². The third-order valence-electron chi connectivity index (χ3n) is 1.33. The van der Waals surface area contributed by atoms with Crippen molar-refractivity contribution in [1.82, 2.24) is 0 Å². The molecule has 0 saturated heterocycles. The highest BCUT2D eigenvalue weighted by Gasteiger charge is 2.05. The minimum Gasteiger partial charge on any atom is -0.399 e. The van der Waals surface area contributed by atoms with Gasteiger partial charge in [0.2, 0.25) is 0 Å². The Balaban J connectivity index is 0.00000144. The van der Waals surface area contributed by atoms with Crippen molar-refractivity contribution in [2.75, 3.05) is 5.73 Å². The number of nitrogen functional groups attached to an aromatic ring is 1. The highest BCUT2D eigenvalue weighted by atomic mass is 35.5. The maximum atomic E-state index is 10.4. The Morgan fingerprint density at radius 3 is 2.08 bits per heavy atom. The highest BCUT2D eigenvalue weighted by molar-refractivity contribution is 7.85. The van der Waals surface area contributed by atoms with Crippen molar-refractivity contribution >= 4 is 28.2 Å². The summed E-state index contributed by atoms with van der Waals surface area (Å²) >= 11 is 0. The summed E-state index contributed by atoms with van der Waals surface area (Å²) in [6.45, 7) is 0. The molecule has 0 aliphatic heterocycles. The maximum Gasteiger partial charge on any atom is 0.269 e. The lowest BCUT2D eigenvalue weighted by Gasteiger charge is -1.97. The molecular weight excluding hydrogens is 214 g/mol. The van der Waals surface area contributed by atoms with E-state index in [0.29, 0.717) is 11.3 Å². The van der Waals surface area contributed by atoms with Crippen LogP contribution in [0.15, 0.2) is 24.3 Å². The van der Waals surface area contributed by atoms with E-state index in [1.165, 1.54) is 0 Å². The topological polar surface area (TPSA) is 80.4 Å². The predicted octanol–water partition coefficient (Wildman–Crippen LogP) is 1.08. The van der Waals surface area contributed by atoms with E-state index in [4.69, 9.17) is 10.3 Å². The van der Waals surface area contributed by atoms with Gasteiger partial charge in [-0.15, -0.1) is 12.4 Å². The normalized spacial score (nSPS) is 10.5. The standard InChI is InChI=1S/C7H9NO3S.ClH/c8-7-3-1-6(2-4-7)5-12(9,10)11;/h1-4H,5,8H2,(H,9,10,11);1H. The van der Waals surface area contributed by atoms with Gasteiger partial charge in [-0.25, -0.2) is 0 Å². The fourth-order valence-electron chi connectivity index (χ4n) is 0.824. The molecule has 3 N–H and O–H groups in total. The molecule has 0 aromatic heterocycles. The van der Waals surface area contributed by atoms with Crippen molar-refractivity contribution in [1.29, 1.82) is 0 Å². The van der Waals surface area contributed by atoms with E-state index in [1.807, 2.05) is 0 Å². The molecule has 74 valence electrons. The quantitative estimate of drug-likeness (QED) is 0.581. The third-order valence-corrected chi connectivity index (χ3v) is 2.03. The Morgan fingerprint density at radius 2 is 1.69 bits per heavy atom. The lowest BCUT2D eigenvalue weighted by atomic mass is 10.2. The molecule has 0 fully saturated rings. The molecule has 0 saturated carbocycles. The summed E-state index contributed by atoms with van der Waals surface area (Å²) in [6, 6.07) is 6.28. The smallest absolute Gasteiger partial charge is 0.269 e. The Hall–Kier alpha value is -0.780. The second-order valence-corrected chi connectivity index (χ2v) is 3.92. The Morgan fingerprint density at radius 1 is 1.23 bits per heavy atom. The monoisotopic (exact) mass is 223 g/mol. The Kier molecular flexibility index (Phi) is 4.19.